The van der Waals surface area contributed by atoms with Crippen LogP contribution in [0.25, 0.3) is 0 Å². The molecule has 0 aliphatic rings. The third-order valence-electron chi connectivity index (χ3n) is 1.03. The average Bonchev–Trinajstić information content (AvgIpc) is 2.48. The minimum Gasteiger partial charge on any atom is -0.416 e. The van der Waals surface area contributed by atoms with Crippen LogP contribution in [0.5, 0.6) is 0 Å². The molecule has 11 heavy (non-hydrogen) atoms. The lowest BCUT2D eigenvalue weighted by atomic mass is 10.5. The van der Waals surface area contributed by atoms with Crippen LogP contribution in [-0.4, -0.2) is 16.0 Å². The average molecular weight is 168 g/mol. The first-order valence-corrected chi connectivity index (χ1v) is 4.24. The Morgan fingerprint density at radius 3 is 3.00 bits per heavy atom. The summed E-state index contributed by atoms with van der Waals surface area (Å²) in [6.45, 7) is 1.96. The van der Waals surface area contributed by atoms with Gasteiger partial charge in [0.15, 0.2) is 0 Å². The number of hydrogen-bond donors (Lipinski definition) is 0. The van der Waals surface area contributed by atoms with Gasteiger partial charge < -0.3 is 4.42 Å². The summed E-state index contributed by atoms with van der Waals surface area (Å²) < 4.78 is 5.18. The van der Waals surface area contributed by atoms with Gasteiger partial charge in [-0.3, -0.25) is 0 Å². The number of hydrogen-bond acceptors (Lipinski definition) is 4. The van der Waals surface area contributed by atoms with Crippen LogP contribution in [0.4, 0.5) is 0 Å². The van der Waals surface area contributed by atoms with Gasteiger partial charge in [-0.2, -0.15) is 0 Å². The Hall–Kier alpha value is -0.950. The highest BCUT2D eigenvalue weighted by molar-refractivity contribution is 7.99. The van der Waals surface area contributed by atoms with Crippen molar-refractivity contribution in [3.8, 4) is 12.3 Å². The Morgan fingerprint density at radius 1 is 1.64 bits per heavy atom. The maximum atomic E-state index is 5.18. The van der Waals surface area contributed by atoms with E-state index in [1.807, 2.05) is 6.92 Å². The van der Waals surface area contributed by atoms with E-state index in [4.69, 9.17) is 10.8 Å². The van der Waals surface area contributed by atoms with Crippen molar-refractivity contribution in [1.29, 1.82) is 0 Å². The molecular formula is C7H8N2OS. The first kappa shape index (κ1) is 8.15. The van der Waals surface area contributed by atoms with Gasteiger partial charge in [0.1, 0.15) is 0 Å². The van der Waals surface area contributed by atoms with Crippen LogP contribution >= 0.6 is 11.8 Å². The molecule has 0 spiro atoms. The van der Waals surface area contributed by atoms with Gasteiger partial charge in [-0.1, -0.05) is 24.6 Å². The fraction of sp³-hybridized carbons (Fsp3) is 0.429. The molecule has 0 aliphatic heterocycles. The number of rotatable bonds is 3. The molecule has 1 aromatic heterocycles. The molecule has 0 saturated carbocycles. The largest absolute Gasteiger partial charge is 0.416 e. The van der Waals surface area contributed by atoms with Gasteiger partial charge in [0.25, 0.3) is 5.22 Å². The van der Waals surface area contributed by atoms with E-state index in [0.717, 1.165) is 6.42 Å². The van der Waals surface area contributed by atoms with E-state index in [-0.39, 0.29) is 0 Å². The monoisotopic (exact) mass is 168 g/mol. The normalized spacial score (nSPS) is 9.45. The van der Waals surface area contributed by atoms with Gasteiger partial charge in [-0.15, -0.1) is 16.6 Å². The van der Waals surface area contributed by atoms with Crippen molar-refractivity contribution >= 4 is 11.8 Å². The van der Waals surface area contributed by atoms with Crippen LogP contribution in [-0.2, 0) is 6.42 Å². The summed E-state index contributed by atoms with van der Waals surface area (Å²) in [7, 11) is 0. The van der Waals surface area contributed by atoms with Crippen molar-refractivity contribution in [2.45, 2.75) is 18.6 Å². The van der Waals surface area contributed by atoms with E-state index < -0.39 is 0 Å². The van der Waals surface area contributed by atoms with Crippen molar-refractivity contribution in [2.75, 3.05) is 5.75 Å². The molecule has 3 nitrogen and oxygen atoms in total. The Bertz CT molecular complexity index is 264. The minimum atomic E-state index is 0.555. The van der Waals surface area contributed by atoms with E-state index in [0.29, 0.717) is 16.9 Å². The van der Waals surface area contributed by atoms with Gasteiger partial charge in [-0.05, 0) is 0 Å². The fourth-order valence-corrected chi connectivity index (χ4v) is 1.00. The summed E-state index contributed by atoms with van der Waals surface area (Å²) in [5.74, 6) is 3.71. The standard InChI is InChI=1S/C7H8N2OS/c1-3-5-11-7-9-8-6(4-2)10-7/h1H,4-5H2,2H3. The van der Waals surface area contributed by atoms with Gasteiger partial charge in [0, 0.05) is 6.42 Å². The van der Waals surface area contributed by atoms with Gasteiger partial charge in [0.2, 0.25) is 5.89 Å². The Kier molecular flexibility index (Phi) is 2.99. The summed E-state index contributed by atoms with van der Waals surface area (Å²) in [4.78, 5) is 0. The number of terminal acetylenes is 1. The number of thioether (sulfide) groups is 1. The van der Waals surface area contributed by atoms with Crippen molar-refractivity contribution in [1.82, 2.24) is 10.2 Å². The van der Waals surface area contributed by atoms with E-state index >= 15 is 0 Å². The van der Waals surface area contributed by atoms with Crippen LogP contribution in [0.3, 0.4) is 0 Å². The Morgan fingerprint density at radius 2 is 2.45 bits per heavy atom. The summed E-state index contributed by atoms with van der Waals surface area (Å²) >= 11 is 1.38. The molecule has 0 unspecified atom stereocenters. The van der Waals surface area contributed by atoms with E-state index in [1.54, 1.807) is 0 Å². The summed E-state index contributed by atoms with van der Waals surface area (Å²) in [6, 6.07) is 0. The molecule has 0 atom stereocenters. The van der Waals surface area contributed by atoms with Crippen molar-refractivity contribution in [3.05, 3.63) is 5.89 Å². The van der Waals surface area contributed by atoms with Gasteiger partial charge in [-0.25, -0.2) is 0 Å². The molecule has 1 heterocycles. The third kappa shape index (κ3) is 2.28. The zero-order valence-corrected chi connectivity index (χ0v) is 7.02. The molecule has 4 heteroatoms. The van der Waals surface area contributed by atoms with Crippen LogP contribution < -0.4 is 0 Å². The molecule has 0 fully saturated rings. The van der Waals surface area contributed by atoms with Crippen molar-refractivity contribution in [3.63, 3.8) is 0 Å². The first-order chi connectivity index (χ1) is 5.36. The highest BCUT2D eigenvalue weighted by atomic mass is 32.2. The van der Waals surface area contributed by atoms with Crippen LogP contribution in [0.1, 0.15) is 12.8 Å². The number of nitrogens with zero attached hydrogens (tertiary/aromatic N) is 2. The third-order valence-corrected chi connectivity index (χ3v) is 1.75. The molecule has 0 bridgehead atoms. The lowest BCUT2D eigenvalue weighted by Gasteiger charge is -1.84. The maximum absolute atomic E-state index is 5.18. The van der Waals surface area contributed by atoms with Crippen LogP contribution in [0, 0.1) is 12.3 Å². The van der Waals surface area contributed by atoms with Gasteiger partial charge in [0.05, 0.1) is 5.75 Å². The first-order valence-electron chi connectivity index (χ1n) is 3.25. The van der Waals surface area contributed by atoms with E-state index in [1.165, 1.54) is 11.8 Å². The van der Waals surface area contributed by atoms with Crippen molar-refractivity contribution in [2.24, 2.45) is 0 Å². The predicted molar refractivity (Wildman–Crippen MR) is 43.2 cm³/mol. The summed E-state index contributed by atoms with van der Waals surface area (Å²) in [5, 5.41) is 8.11. The fourth-order valence-electron chi connectivity index (χ4n) is 0.543. The lowest BCUT2D eigenvalue weighted by molar-refractivity contribution is 0.417. The Labute approximate surface area is 69.6 Å². The molecule has 0 amide bonds. The molecule has 0 N–H and O–H groups in total. The second-order valence-electron chi connectivity index (χ2n) is 1.81. The van der Waals surface area contributed by atoms with E-state index in [2.05, 4.69) is 16.1 Å². The van der Waals surface area contributed by atoms with E-state index in [9.17, 15) is 0 Å². The molecule has 0 radical (unpaired) electrons. The molecule has 0 aromatic carbocycles. The smallest absolute Gasteiger partial charge is 0.277 e. The lowest BCUT2D eigenvalue weighted by Crippen LogP contribution is -1.76. The van der Waals surface area contributed by atoms with Crippen molar-refractivity contribution < 1.29 is 4.42 Å². The molecule has 0 aliphatic carbocycles. The quantitative estimate of drug-likeness (QED) is 0.504. The molecule has 1 aromatic rings. The molecule has 1 rings (SSSR count). The number of aromatic nitrogens is 2. The molecule has 0 saturated heterocycles. The van der Waals surface area contributed by atoms with Gasteiger partial charge >= 0.3 is 0 Å². The zero-order valence-electron chi connectivity index (χ0n) is 6.20. The molecular weight excluding hydrogens is 160 g/mol. The molecule has 58 valence electrons. The zero-order chi connectivity index (χ0) is 8.10. The van der Waals surface area contributed by atoms with Crippen LogP contribution in [0.2, 0.25) is 0 Å². The minimum absolute atomic E-state index is 0.555. The summed E-state index contributed by atoms with van der Waals surface area (Å²) in [6.07, 6.45) is 5.82. The highest BCUT2D eigenvalue weighted by Crippen LogP contribution is 2.14. The second-order valence-corrected chi connectivity index (χ2v) is 2.73. The number of aryl methyl sites for hydroxylation is 1. The Balaban J connectivity index is 2.53. The highest BCUT2D eigenvalue weighted by Gasteiger charge is 2.02. The SMILES string of the molecule is C#CCSc1nnc(CC)o1. The predicted octanol–water partition coefficient (Wildman–Crippen LogP) is 1.36. The topological polar surface area (TPSA) is 38.9 Å². The maximum Gasteiger partial charge on any atom is 0.277 e. The van der Waals surface area contributed by atoms with Crippen LogP contribution in [0.15, 0.2) is 9.64 Å². The summed E-state index contributed by atoms with van der Waals surface area (Å²) in [5.41, 5.74) is 0. The second kappa shape index (κ2) is 4.04.